The Morgan fingerprint density at radius 3 is 2.62 bits per heavy atom. The minimum Gasteiger partial charge on any atom is -0.398 e. The average Bonchev–Trinajstić information content (AvgIpc) is 2.60. The van der Waals surface area contributed by atoms with Crippen LogP contribution in [0.25, 0.3) is 0 Å². The lowest BCUT2D eigenvalue weighted by Gasteiger charge is -2.24. The van der Waals surface area contributed by atoms with Crippen molar-refractivity contribution in [1.29, 1.82) is 0 Å². The van der Waals surface area contributed by atoms with E-state index in [9.17, 15) is 4.79 Å². The van der Waals surface area contributed by atoms with Crippen LogP contribution in [0.15, 0.2) is 24.3 Å². The predicted molar refractivity (Wildman–Crippen MR) is 65.1 cm³/mol. The van der Waals surface area contributed by atoms with Crippen molar-refractivity contribution in [1.82, 2.24) is 4.90 Å². The van der Waals surface area contributed by atoms with Crippen molar-refractivity contribution in [2.75, 3.05) is 12.3 Å². The molecule has 0 radical (unpaired) electrons. The Hall–Kier alpha value is -1.51. The van der Waals surface area contributed by atoms with Gasteiger partial charge in [0.15, 0.2) is 0 Å². The Morgan fingerprint density at radius 1 is 1.38 bits per heavy atom. The highest BCUT2D eigenvalue weighted by Crippen LogP contribution is 2.26. The molecule has 0 aromatic heterocycles. The number of para-hydroxylation sites is 1. The quantitative estimate of drug-likeness (QED) is 0.734. The van der Waals surface area contributed by atoms with Crippen LogP contribution in [0, 0.1) is 5.92 Å². The van der Waals surface area contributed by atoms with Crippen LogP contribution < -0.4 is 5.73 Å². The summed E-state index contributed by atoms with van der Waals surface area (Å²) in [7, 11) is 0. The maximum Gasteiger partial charge on any atom is 0.256 e. The van der Waals surface area contributed by atoms with Gasteiger partial charge in [0.05, 0.1) is 5.56 Å². The number of anilines is 1. The highest BCUT2D eigenvalue weighted by atomic mass is 16.2. The molecule has 1 aromatic carbocycles. The zero-order chi connectivity index (χ0) is 11.7. The smallest absolute Gasteiger partial charge is 0.256 e. The number of carbonyl (C=O) groups is 1. The van der Waals surface area contributed by atoms with E-state index in [1.54, 1.807) is 12.1 Å². The van der Waals surface area contributed by atoms with Gasteiger partial charge < -0.3 is 10.6 Å². The second-order valence-electron chi connectivity index (χ2n) is 4.59. The molecular weight excluding hydrogens is 200 g/mol. The van der Waals surface area contributed by atoms with Crippen LogP contribution in [0.4, 0.5) is 5.69 Å². The first-order chi connectivity index (χ1) is 7.61. The van der Waals surface area contributed by atoms with Gasteiger partial charge in [-0.1, -0.05) is 19.1 Å². The van der Waals surface area contributed by atoms with Gasteiger partial charge in [0.25, 0.3) is 5.91 Å². The van der Waals surface area contributed by atoms with Crippen LogP contribution in [-0.4, -0.2) is 23.4 Å². The third-order valence-electron chi connectivity index (χ3n) is 3.59. The minimum absolute atomic E-state index is 0.0648. The molecule has 1 amide bonds. The Labute approximate surface area is 96.2 Å². The summed E-state index contributed by atoms with van der Waals surface area (Å²) in [4.78, 5) is 14.2. The van der Waals surface area contributed by atoms with Gasteiger partial charge in [-0.05, 0) is 31.4 Å². The molecule has 0 saturated carbocycles. The minimum atomic E-state index is 0.0648. The van der Waals surface area contributed by atoms with Gasteiger partial charge >= 0.3 is 0 Å². The van der Waals surface area contributed by atoms with Crippen molar-refractivity contribution in [3.63, 3.8) is 0 Å². The first kappa shape index (κ1) is 11.0. The van der Waals surface area contributed by atoms with Crippen LogP contribution in [0.1, 0.15) is 30.6 Å². The van der Waals surface area contributed by atoms with Crippen molar-refractivity contribution in [2.45, 2.75) is 26.3 Å². The lowest BCUT2D eigenvalue weighted by Crippen LogP contribution is -2.35. The van der Waals surface area contributed by atoms with Gasteiger partial charge in [-0.3, -0.25) is 4.79 Å². The molecule has 86 valence electrons. The highest BCUT2D eigenvalue weighted by Gasteiger charge is 2.31. The SMILES string of the molecule is CC1CCN(C(=O)c2ccccc2N)C1C. The summed E-state index contributed by atoms with van der Waals surface area (Å²) in [5, 5.41) is 0. The van der Waals surface area contributed by atoms with E-state index in [1.807, 2.05) is 17.0 Å². The number of nitrogens with two attached hydrogens (primary N) is 1. The number of nitrogen functional groups attached to an aromatic ring is 1. The fourth-order valence-electron chi connectivity index (χ4n) is 2.23. The fraction of sp³-hybridized carbons (Fsp3) is 0.462. The monoisotopic (exact) mass is 218 g/mol. The summed E-state index contributed by atoms with van der Waals surface area (Å²) < 4.78 is 0. The first-order valence-corrected chi connectivity index (χ1v) is 5.76. The third-order valence-corrected chi connectivity index (χ3v) is 3.59. The van der Waals surface area contributed by atoms with Gasteiger partial charge in [0, 0.05) is 18.3 Å². The summed E-state index contributed by atoms with van der Waals surface area (Å²) in [5.41, 5.74) is 7.02. The molecule has 1 saturated heterocycles. The van der Waals surface area contributed by atoms with Crippen molar-refractivity contribution >= 4 is 11.6 Å². The van der Waals surface area contributed by atoms with E-state index < -0.39 is 0 Å². The summed E-state index contributed by atoms with van der Waals surface area (Å²) in [5.74, 6) is 0.642. The van der Waals surface area contributed by atoms with Crippen LogP contribution in [-0.2, 0) is 0 Å². The number of hydrogen-bond acceptors (Lipinski definition) is 2. The lowest BCUT2D eigenvalue weighted by atomic mass is 10.0. The van der Waals surface area contributed by atoms with Gasteiger partial charge in [-0.15, -0.1) is 0 Å². The highest BCUT2D eigenvalue weighted by molar-refractivity contribution is 5.99. The summed E-state index contributed by atoms with van der Waals surface area (Å²) >= 11 is 0. The van der Waals surface area contributed by atoms with Gasteiger partial charge in [-0.25, -0.2) is 0 Å². The summed E-state index contributed by atoms with van der Waals surface area (Å²) in [6.07, 6.45) is 1.08. The second kappa shape index (κ2) is 4.16. The number of benzene rings is 1. The standard InChI is InChI=1S/C13H18N2O/c1-9-7-8-15(10(9)2)13(16)11-5-3-4-6-12(11)14/h3-6,9-10H,7-8,14H2,1-2H3. The number of rotatable bonds is 1. The topological polar surface area (TPSA) is 46.3 Å². The summed E-state index contributed by atoms with van der Waals surface area (Å²) in [6, 6.07) is 7.59. The van der Waals surface area contributed by atoms with E-state index in [-0.39, 0.29) is 5.91 Å². The van der Waals surface area contributed by atoms with E-state index in [2.05, 4.69) is 13.8 Å². The second-order valence-corrected chi connectivity index (χ2v) is 4.59. The zero-order valence-corrected chi connectivity index (χ0v) is 9.81. The zero-order valence-electron chi connectivity index (χ0n) is 9.81. The Bertz CT molecular complexity index is 403. The van der Waals surface area contributed by atoms with Crippen LogP contribution in [0.3, 0.4) is 0 Å². The normalized spacial score (nSPS) is 24.8. The van der Waals surface area contributed by atoms with E-state index >= 15 is 0 Å². The van der Waals surface area contributed by atoms with Crippen LogP contribution in [0.2, 0.25) is 0 Å². The van der Waals surface area contributed by atoms with Gasteiger partial charge in [0.1, 0.15) is 0 Å². The maximum absolute atomic E-state index is 12.3. The van der Waals surface area contributed by atoms with E-state index in [1.165, 1.54) is 0 Å². The molecule has 1 fully saturated rings. The Morgan fingerprint density at radius 2 is 2.06 bits per heavy atom. The van der Waals surface area contributed by atoms with Crippen molar-refractivity contribution in [3.8, 4) is 0 Å². The van der Waals surface area contributed by atoms with Crippen molar-refractivity contribution in [3.05, 3.63) is 29.8 Å². The molecule has 2 atom stereocenters. The molecule has 3 heteroatoms. The first-order valence-electron chi connectivity index (χ1n) is 5.76. The molecule has 2 N–H and O–H groups in total. The molecule has 1 aromatic rings. The third kappa shape index (κ3) is 1.77. The van der Waals surface area contributed by atoms with Gasteiger partial charge in [-0.2, -0.15) is 0 Å². The number of hydrogen-bond donors (Lipinski definition) is 1. The largest absolute Gasteiger partial charge is 0.398 e. The summed E-state index contributed by atoms with van der Waals surface area (Å²) in [6.45, 7) is 5.14. The van der Waals surface area contributed by atoms with Gasteiger partial charge in [0.2, 0.25) is 0 Å². The molecular formula is C13H18N2O. The average molecular weight is 218 g/mol. The van der Waals surface area contributed by atoms with E-state index in [0.717, 1.165) is 13.0 Å². The Balaban J connectivity index is 2.23. The van der Waals surface area contributed by atoms with Crippen molar-refractivity contribution < 1.29 is 4.79 Å². The molecule has 0 bridgehead atoms. The fourth-order valence-corrected chi connectivity index (χ4v) is 2.23. The molecule has 1 heterocycles. The molecule has 0 spiro atoms. The number of likely N-dealkylation sites (tertiary alicyclic amines) is 1. The van der Waals surface area contributed by atoms with Crippen LogP contribution >= 0.6 is 0 Å². The molecule has 1 aliphatic heterocycles. The number of nitrogens with zero attached hydrogens (tertiary/aromatic N) is 1. The van der Waals surface area contributed by atoms with Crippen molar-refractivity contribution in [2.24, 2.45) is 5.92 Å². The van der Waals surface area contributed by atoms with E-state index in [4.69, 9.17) is 5.73 Å². The molecule has 16 heavy (non-hydrogen) atoms. The molecule has 3 nitrogen and oxygen atoms in total. The number of carbonyl (C=O) groups excluding carboxylic acids is 1. The molecule has 1 aliphatic rings. The van der Waals surface area contributed by atoms with Crippen LogP contribution in [0.5, 0.6) is 0 Å². The number of amides is 1. The predicted octanol–water partition coefficient (Wildman–Crippen LogP) is 2.14. The van der Waals surface area contributed by atoms with E-state index in [0.29, 0.717) is 23.2 Å². The molecule has 0 aliphatic carbocycles. The molecule has 2 rings (SSSR count). The molecule has 2 unspecified atom stereocenters. The maximum atomic E-state index is 12.3. The lowest BCUT2D eigenvalue weighted by molar-refractivity contribution is 0.0736. The Kier molecular flexibility index (Phi) is 2.86.